The van der Waals surface area contributed by atoms with Crippen LogP contribution in [-0.4, -0.2) is 28.8 Å². The molecule has 0 aliphatic carbocycles. The molecule has 1 heterocycles. The second-order valence-electron chi connectivity index (χ2n) is 3.63. The van der Waals surface area contributed by atoms with Crippen molar-refractivity contribution in [3.05, 3.63) is 29.8 Å². The van der Waals surface area contributed by atoms with Crippen LogP contribution in [0.4, 0.5) is 5.69 Å². The molecule has 18 heavy (non-hydrogen) atoms. The Morgan fingerprint density at radius 2 is 2.00 bits per heavy atom. The molecule has 96 valence electrons. The average Bonchev–Trinajstić information content (AvgIpc) is 2.84. The van der Waals surface area contributed by atoms with Crippen LogP contribution in [0.2, 0.25) is 0 Å². The summed E-state index contributed by atoms with van der Waals surface area (Å²) in [5.41, 5.74) is 2.49. The van der Waals surface area contributed by atoms with Crippen LogP contribution in [-0.2, 0) is 0 Å². The minimum Gasteiger partial charge on any atom is -0.384 e. The lowest BCUT2D eigenvalue weighted by Crippen LogP contribution is -2.04. The minimum atomic E-state index is 0.934. The lowest BCUT2D eigenvalue weighted by atomic mass is 10.2. The zero-order valence-electron chi connectivity index (χ0n) is 10.3. The first-order chi connectivity index (χ1) is 8.79. The highest BCUT2D eigenvalue weighted by molar-refractivity contribution is 8.02. The summed E-state index contributed by atoms with van der Waals surface area (Å²) in [5.74, 6) is 0.997. The number of benzene rings is 1. The van der Waals surface area contributed by atoms with Crippen LogP contribution in [0.15, 0.2) is 32.9 Å². The maximum atomic E-state index is 4.13. The van der Waals surface area contributed by atoms with Crippen molar-refractivity contribution >= 4 is 40.5 Å². The molecule has 3 nitrogen and oxygen atoms in total. The summed E-state index contributed by atoms with van der Waals surface area (Å²) >= 11 is 5.05. The van der Waals surface area contributed by atoms with E-state index in [1.165, 1.54) is 11.3 Å². The van der Waals surface area contributed by atoms with Gasteiger partial charge in [0.25, 0.3) is 0 Å². The highest BCUT2D eigenvalue weighted by atomic mass is 32.2. The second-order valence-corrected chi connectivity index (χ2v) is 7.00. The summed E-state index contributed by atoms with van der Waals surface area (Å²) in [6.07, 6.45) is 2.02. The van der Waals surface area contributed by atoms with E-state index in [0.29, 0.717) is 0 Å². The quantitative estimate of drug-likeness (QED) is 0.649. The van der Waals surface area contributed by atoms with E-state index >= 15 is 0 Å². The Hall–Kier alpha value is -0.720. The van der Waals surface area contributed by atoms with Crippen LogP contribution in [0.3, 0.4) is 0 Å². The summed E-state index contributed by atoms with van der Waals surface area (Å²) in [5, 5.41) is 11.6. The van der Waals surface area contributed by atoms with Crippen molar-refractivity contribution in [2.24, 2.45) is 0 Å². The molecule has 1 aromatic carbocycles. The molecule has 2 aromatic rings. The highest BCUT2D eigenvalue weighted by Gasteiger charge is 2.03. The molecule has 0 fully saturated rings. The maximum absolute atomic E-state index is 4.13. The number of hydrogen-bond donors (Lipinski definition) is 1. The molecule has 0 amide bonds. The number of hydrogen-bond acceptors (Lipinski definition) is 6. The molecule has 0 unspecified atom stereocenters. The standard InChI is InChI=1S/C12H15N3S3/c1-9-5-3-4-6-10(9)13-7-8-17-12-15-14-11(16-2)18-12/h3-6,13H,7-8H2,1-2H3. The molecule has 2 rings (SSSR count). The monoisotopic (exact) mass is 297 g/mol. The minimum absolute atomic E-state index is 0.934. The number of aromatic nitrogens is 2. The Bertz CT molecular complexity index is 499. The van der Waals surface area contributed by atoms with Crippen LogP contribution in [0.1, 0.15) is 5.56 Å². The zero-order chi connectivity index (χ0) is 12.8. The normalized spacial score (nSPS) is 10.6. The van der Waals surface area contributed by atoms with Gasteiger partial charge in [0.2, 0.25) is 0 Å². The lowest BCUT2D eigenvalue weighted by molar-refractivity contribution is 0.955. The molecule has 1 aromatic heterocycles. The van der Waals surface area contributed by atoms with Crippen LogP contribution >= 0.6 is 34.9 Å². The van der Waals surface area contributed by atoms with Crippen LogP contribution in [0, 0.1) is 6.92 Å². The number of para-hydroxylation sites is 1. The van der Waals surface area contributed by atoms with Crippen molar-refractivity contribution in [3.8, 4) is 0 Å². The van der Waals surface area contributed by atoms with Crippen molar-refractivity contribution in [1.82, 2.24) is 10.2 Å². The van der Waals surface area contributed by atoms with Crippen molar-refractivity contribution in [2.45, 2.75) is 15.6 Å². The van der Waals surface area contributed by atoms with E-state index in [4.69, 9.17) is 0 Å². The van der Waals surface area contributed by atoms with Gasteiger partial charge < -0.3 is 5.32 Å². The largest absolute Gasteiger partial charge is 0.384 e. The molecule has 0 saturated heterocycles. The topological polar surface area (TPSA) is 37.8 Å². The number of anilines is 1. The molecule has 0 aliphatic rings. The third-order valence-electron chi connectivity index (χ3n) is 2.35. The van der Waals surface area contributed by atoms with Crippen LogP contribution < -0.4 is 5.32 Å². The molecule has 0 radical (unpaired) electrons. The summed E-state index contributed by atoms with van der Waals surface area (Å²) in [6, 6.07) is 8.33. The molecular formula is C12H15N3S3. The SMILES string of the molecule is CSc1nnc(SCCNc2ccccc2C)s1. The lowest BCUT2D eigenvalue weighted by Gasteiger charge is -2.07. The van der Waals surface area contributed by atoms with E-state index in [0.717, 1.165) is 21.0 Å². The Morgan fingerprint density at radius 3 is 2.72 bits per heavy atom. The summed E-state index contributed by atoms with van der Waals surface area (Å²) in [7, 11) is 0. The van der Waals surface area contributed by atoms with Gasteiger partial charge in [-0.25, -0.2) is 0 Å². The molecular weight excluding hydrogens is 282 g/mol. The van der Waals surface area contributed by atoms with Gasteiger partial charge in [-0.1, -0.05) is 53.1 Å². The number of nitrogens with one attached hydrogen (secondary N) is 1. The van der Waals surface area contributed by atoms with Crippen LogP contribution in [0.5, 0.6) is 0 Å². The average molecular weight is 297 g/mol. The fourth-order valence-electron chi connectivity index (χ4n) is 1.43. The van der Waals surface area contributed by atoms with Gasteiger partial charge in [-0.05, 0) is 24.8 Å². The first-order valence-corrected chi connectivity index (χ1v) is 8.62. The third-order valence-corrected chi connectivity index (χ3v) is 5.38. The Kier molecular flexibility index (Phi) is 5.34. The maximum Gasteiger partial charge on any atom is 0.175 e. The van der Waals surface area contributed by atoms with E-state index in [-0.39, 0.29) is 0 Å². The second kappa shape index (κ2) is 7.01. The zero-order valence-corrected chi connectivity index (χ0v) is 12.8. The van der Waals surface area contributed by atoms with Crippen molar-refractivity contribution in [1.29, 1.82) is 0 Å². The number of thioether (sulfide) groups is 2. The fourth-order valence-corrected chi connectivity index (χ4v) is 3.80. The molecule has 0 spiro atoms. The Labute approximate surface area is 120 Å². The van der Waals surface area contributed by atoms with Gasteiger partial charge >= 0.3 is 0 Å². The van der Waals surface area contributed by atoms with Gasteiger partial charge in [-0.15, -0.1) is 10.2 Å². The first-order valence-electron chi connectivity index (χ1n) is 5.59. The molecule has 0 saturated carbocycles. The van der Waals surface area contributed by atoms with Gasteiger partial charge in [0.1, 0.15) is 0 Å². The first kappa shape index (κ1) is 13.7. The van der Waals surface area contributed by atoms with Gasteiger partial charge in [-0.2, -0.15) is 0 Å². The van der Waals surface area contributed by atoms with E-state index in [1.54, 1.807) is 34.9 Å². The van der Waals surface area contributed by atoms with Gasteiger partial charge in [0.05, 0.1) is 0 Å². The van der Waals surface area contributed by atoms with Gasteiger partial charge in [0, 0.05) is 18.0 Å². The molecule has 0 aliphatic heterocycles. The van der Waals surface area contributed by atoms with Crippen LogP contribution in [0.25, 0.3) is 0 Å². The Balaban J connectivity index is 1.74. The van der Waals surface area contributed by atoms with E-state index < -0.39 is 0 Å². The molecule has 6 heteroatoms. The Morgan fingerprint density at radius 1 is 1.22 bits per heavy atom. The fraction of sp³-hybridized carbons (Fsp3) is 0.333. The van der Waals surface area contributed by atoms with E-state index in [1.807, 2.05) is 6.26 Å². The predicted octanol–water partition coefficient (Wildman–Crippen LogP) is 3.77. The van der Waals surface area contributed by atoms with E-state index in [2.05, 4.69) is 46.7 Å². The smallest absolute Gasteiger partial charge is 0.175 e. The van der Waals surface area contributed by atoms with E-state index in [9.17, 15) is 0 Å². The predicted molar refractivity (Wildman–Crippen MR) is 82.1 cm³/mol. The molecule has 0 atom stereocenters. The van der Waals surface area contributed by atoms with Gasteiger partial charge in [-0.3, -0.25) is 0 Å². The summed E-state index contributed by atoms with van der Waals surface area (Å²) in [4.78, 5) is 0. The number of nitrogens with zero attached hydrogens (tertiary/aromatic N) is 2. The third kappa shape index (κ3) is 3.90. The molecule has 1 N–H and O–H groups in total. The van der Waals surface area contributed by atoms with Crippen molar-refractivity contribution in [3.63, 3.8) is 0 Å². The number of rotatable bonds is 6. The highest BCUT2D eigenvalue weighted by Crippen LogP contribution is 2.27. The number of aryl methyl sites for hydroxylation is 1. The summed E-state index contributed by atoms with van der Waals surface area (Å²) in [6.45, 7) is 3.05. The van der Waals surface area contributed by atoms with Gasteiger partial charge in [0.15, 0.2) is 8.68 Å². The van der Waals surface area contributed by atoms with Crippen molar-refractivity contribution in [2.75, 3.05) is 23.9 Å². The molecule has 0 bridgehead atoms. The van der Waals surface area contributed by atoms with Crippen molar-refractivity contribution < 1.29 is 0 Å². The summed E-state index contributed by atoms with van der Waals surface area (Å²) < 4.78 is 2.08.